The lowest BCUT2D eigenvalue weighted by Gasteiger charge is -2.12. The number of fused-ring (bicyclic) bond motifs is 1. The summed E-state index contributed by atoms with van der Waals surface area (Å²) in [7, 11) is 5.94. The first-order valence-electron chi connectivity index (χ1n) is 6.62. The van der Waals surface area contributed by atoms with Crippen LogP contribution in [0.3, 0.4) is 0 Å². The molecule has 3 rings (SSSR count). The highest BCUT2D eigenvalue weighted by atomic mass is 16.3. The molecule has 1 N–H and O–H groups in total. The number of benzene rings is 1. The number of anilines is 1. The summed E-state index contributed by atoms with van der Waals surface area (Å²) in [6.07, 6.45) is 2.04. The number of rotatable bonds is 2. The monoisotopic (exact) mass is 257 g/mol. The van der Waals surface area contributed by atoms with Crippen molar-refractivity contribution in [3.8, 4) is 5.88 Å². The maximum Gasteiger partial charge on any atom is 0.201 e. The first kappa shape index (κ1) is 12.1. The van der Waals surface area contributed by atoms with Crippen LogP contribution < -0.4 is 4.90 Å². The van der Waals surface area contributed by atoms with Crippen molar-refractivity contribution in [1.82, 2.24) is 4.57 Å². The Kier molecular flexibility index (Phi) is 2.73. The summed E-state index contributed by atoms with van der Waals surface area (Å²) in [6, 6.07) is 6.26. The quantitative estimate of drug-likeness (QED) is 0.898. The van der Waals surface area contributed by atoms with Gasteiger partial charge in [0.15, 0.2) is 0 Å². The summed E-state index contributed by atoms with van der Waals surface area (Å²) in [5.74, 6) is 0.326. The predicted octanol–water partition coefficient (Wildman–Crippen LogP) is 2.53. The number of nitrogens with zero attached hydrogens (tertiary/aromatic N) is 3. The van der Waals surface area contributed by atoms with E-state index in [0.29, 0.717) is 5.88 Å². The first-order valence-corrected chi connectivity index (χ1v) is 6.62. The van der Waals surface area contributed by atoms with E-state index in [4.69, 9.17) is 0 Å². The van der Waals surface area contributed by atoms with Gasteiger partial charge in [0.05, 0.1) is 11.1 Å². The van der Waals surface area contributed by atoms with Crippen molar-refractivity contribution in [2.24, 2.45) is 12.0 Å². The minimum absolute atomic E-state index is 0.326. The van der Waals surface area contributed by atoms with Gasteiger partial charge in [-0.25, -0.2) is 0 Å². The second-order valence-electron chi connectivity index (χ2n) is 5.29. The lowest BCUT2D eigenvalue weighted by Crippen LogP contribution is -2.08. The number of aromatic nitrogens is 1. The molecule has 0 spiro atoms. The molecular formula is C15H19N3O. The molecular weight excluding hydrogens is 238 g/mol. The van der Waals surface area contributed by atoms with Crippen molar-refractivity contribution in [2.45, 2.75) is 12.8 Å². The number of hydrogen-bond acceptors (Lipinski definition) is 3. The molecule has 0 amide bonds. The Hall–Kier alpha value is -1.97. The summed E-state index contributed by atoms with van der Waals surface area (Å²) in [4.78, 5) is 6.61. The second-order valence-corrected chi connectivity index (χ2v) is 5.29. The van der Waals surface area contributed by atoms with Crippen molar-refractivity contribution in [2.75, 3.05) is 25.5 Å². The fourth-order valence-corrected chi connectivity index (χ4v) is 2.73. The van der Waals surface area contributed by atoms with Crippen molar-refractivity contribution in [3.05, 3.63) is 23.8 Å². The van der Waals surface area contributed by atoms with Crippen molar-refractivity contribution < 1.29 is 5.11 Å². The summed E-state index contributed by atoms with van der Waals surface area (Å²) in [5.41, 5.74) is 4.14. The van der Waals surface area contributed by atoms with Gasteiger partial charge in [-0.3, -0.25) is 4.99 Å². The summed E-state index contributed by atoms with van der Waals surface area (Å²) >= 11 is 0. The van der Waals surface area contributed by atoms with E-state index in [1.54, 1.807) is 0 Å². The molecule has 4 nitrogen and oxygen atoms in total. The zero-order valence-corrected chi connectivity index (χ0v) is 11.6. The molecule has 0 fully saturated rings. The van der Waals surface area contributed by atoms with E-state index in [9.17, 15) is 5.11 Å². The van der Waals surface area contributed by atoms with Crippen LogP contribution in [0.2, 0.25) is 0 Å². The molecule has 0 saturated heterocycles. The second kappa shape index (κ2) is 4.30. The predicted molar refractivity (Wildman–Crippen MR) is 79.5 cm³/mol. The number of aromatic hydroxyl groups is 1. The Bertz CT molecular complexity index is 668. The molecule has 0 radical (unpaired) electrons. The SMILES string of the molecule is CN(C)c1ccc2c(c1)c(C1=NCCC1)c(O)n2C. The molecule has 0 aliphatic carbocycles. The molecule has 1 aliphatic heterocycles. The van der Waals surface area contributed by atoms with Gasteiger partial charge < -0.3 is 14.6 Å². The van der Waals surface area contributed by atoms with Gasteiger partial charge in [-0.1, -0.05) is 0 Å². The zero-order valence-electron chi connectivity index (χ0n) is 11.6. The molecule has 100 valence electrons. The number of aliphatic imine (C=N–C) groups is 1. The van der Waals surface area contributed by atoms with Gasteiger partial charge in [0.1, 0.15) is 0 Å². The molecule has 19 heavy (non-hydrogen) atoms. The van der Waals surface area contributed by atoms with E-state index in [1.165, 1.54) is 0 Å². The molecule has 1 aromatic heterocycles. The Morgan fingerprint density at radius 3 is 2.74 bits per heavy atom. The molecule has 1 aromatic carbocycles. The summed E-state index contributed by atoms with van der Waals surface area (Å²) in [6.45, 7) is 0.874. The van der Waals surface area contributed by atoms with Gasteiger partial charge in [0.25, 0.3) is 0 Å². The molecule has 4 heteroatoms. The van der Waals surface area contributed by atoms with Gasteiger partial charge in [-0.15, -0.1) is 0 Å². The van der Waals surface area contributed by atoms with E-state index in [0.717, 1.165) is 47.3 Å². The van der Waals surface area contributed by atoms with E-state index in [1.807, 2.05) is 25.7 Å². The molecule has 0 saturated carbocycles. The molecule has 0 atom stereocenters. The third kappa shape index (κ3) is 1.79. The van der Waals surface area contributed by atoms with Crippen LogP contribution in [0, 0.1) is 0 Å². The Balaban J connectivity index is 2.29. The molecule has 0 bridgehead atoms. The van der Waals surface area contributed by atoms with Crippen molar-refractivity contribution in [1.29, 1.82) is 0 Å². The van der Waals surface area contributed by atoms with E-state index in [2.05, 4.69) is 28.1 Å². The third-order valence-corrected chi connectivity index (χ3v) is 3.83. The Labute approximate surface area is 113 Å². The van der Waals surface area contributed by atoms with E-state index in [-0.39, 0.29) is 0 Å². The highest BCUT2D eigenvalue weighted by molar-refractivity contribution is 6.14. The standard InChI is InChI=1S/C15H19N3O/c1-17(2)10-6-7-13-11(9-10)14(15(19)18(13)3)12-5-4-8-16-12/h6-7,9,19H,4-5,8H2,1-3H3. The van der Waals surface area contributed by atoms with Crippen LogP contribution in [0.1, 0.15) is 18.4 Å². The summed E-state index contributed by atoms with van der Waals surface area (Å²) < 4.78 is 1.84. The maximum atomic E-state index is 10.4. The van der Waals surface area contributed by atoms with Gasteiger partial charge in [0.2, 0.25) is 5.88 Å². The maximum absolute atomic E-state index is 10.4. The molecule has 2 aromatic rings. The molecule has 1 aliphatic rings. The fraction of sp³-hybridized carbons (Fsp3) is 0.400. The van der Waals surface area contributed by atoms with Crippen molar-refractivity contribution >= 4 is 22.3 Å². The van der Waals surface area contributed by atoms with Crippen LogP contribution in [-0.2, 0) is 7.05 Å². The fourth-order valence-electron chi connectivity index (χ4n) is 2.73. The van der Waals surface area contributed by atoms with Gasteiger partial charge >= 0.3 is 0 Å². The van der Waals surface area contributed by atoms with Crippen molar-refractivity contribution in [3.63, 3.8) is 0 Å². The zero-order chi connectivity index (χ0) is 13.6. The first-order chi connectivity index (χ1) is 9.09. The molecule has 2 heterocycles. The van der Waals surface area contributed by atoms with Crippen LogP contribution in [0.4, 0.5) is 5.69 Å². The van der Waals surface area contributed by atoms with Gasteiger partial charge in [-0.05, 0) is 31.0 Å². The number of hydrogen-bond donors (Lipinski definition) is 1. The van der Waals surface area contributed by atoms with Gasteiger partial charge in [0, 0.05) is 44.5 Å². The van der Waals surface area contributed by atoms with Gasteiger partial charge in [-0.2, -0.15) is 0 Å². The minimum Gasteiger partial charge on any atom is -0.494 e. The van der Waals surface area contributed by atoms with Crippen LogP contribution in [0.15, 0.2) is 23.2 Å². The van der Waals surface area contributed by atoms with E-state index < -0.39 is 0 Å². The topological polar surface area (TPSA) is 40.8 Å². The smallest absolute Gasteiger partial charge is 0.201 e. The van der Waals surface area contributed by atoms with Crippen LogP contribution in [0.5, 0.6) is 5.88 Å². The Morgan fingerprint density at radius 1 is 1.32 bits per heavy atom. The molecule has 0 unspecified atom stereocenters. The minimum atomic E-state index is 0.326. The third-order valence-electron chi connectivity index (χ3n) is 3.83. The lowest BCUT2D eigenvalue weighted by atomic mass is 10.1. The van der Waals surface area contributed by atoms with Crippen LogP contribution >= 0.6 is 0 Å². The average molecular weight is 257 g/mol. The highest BCUT2D eigenvalue weighted by Gasteiger charge is 2.21. The van der Waals surface area contributed by atoms with E-state index >= 15 is 0 Å². The van der Waals surface area contributed by atoms with Crippen LogP contribution in [0.25, 0.3) is 10.9 Å². The lowest BCUT2D eigenvalue weighted by molar-refractivity contribution is 0.434. The normalized spacial score (nSPS) is 15.0. The summed E-state index contributed by atoms with van der Waals surface area (Å²) in [5, 5.41) is 11.5. The largest absolute Gasteiger partial charge is 0.494 e. The Morgan fingerprint density at radius 2 is 2.11 bits per heavy atom. The number of aryl methyl sites for hydroxylation is 1. The van der Waals surface area contributed by atoms with Crippen LogP contribution in [-0.4, -0.2) is 36.0 Å². The highest BCUT2D eigenvalue weighted by Crippen LogP contribution is 2.35. The average Bonchev–Trinajstić information content (AvgIpc) is 2.98.